The second-order valence-corrected chi connectivity index (χ2v) is 6.79. The molecule has 2 atom stereocenters. The smallest absolute Gasteiger partial charge is 0.475 e. The minimum Gasteiger partial charge on any atom is -0.475 e. The van der Waals surface area contributed by atoms with Crippen molar-refractivity contribution in [1.29, 1.82) is 0 Å². The highest BCUT2D eigenvalue weighted by Gasteiger charge is 2.41. The zero-order valence-corrected chi connectivity index (χ0v) is 15.3. The van der Waals surface area contributed by atoms with Crippen LogP contribution >= 0.6 is 0 Å². The van der Waals surface area contributed by atoms with E-state index in [0.717, 1.165) is 13.1 Å². The molecular weight excluding hydrogens is 369 g/mol. The average molecular weight is 392 g/mol. The third-order valence-electron chi connectivity index (χ3n) is 4.54. The first-order valence-electron chi connectivity index (χ1n) is 8.51. The van der Waals surface area contributed by atoms with Gasteiger partial charge in [-0.1, -0.05) is 0 Å². The van der Waals surface area contributed by atoms with Gasteiger partial charge in [0.15, 0.2) is 0 Å². The topological polar surface area (TPSA) is 83.2 Å². The Morgan fingerprint density at radius 3 is 2.11 bits per heavy atom. The molecule has 0 saturated carbocycles. The summed E-state index contributed by atoms with van der Waals surface area (Å²) in [5.74, 6) is -1.98. The number of piperazine rings is 1. The Kier molecular flexibility index (Phi) is 6.53. The van der Waals surface area contributed by atoms with Crippen molar-refractivity contribution in [3.05, 3.63) is 23.7 Å². The summed E-state index contributed by atoms with van der Waals surface area (Å²) in [7, 11) is 0. The number of carboxylic acids is 1. The number of alkyl halides is 3. The number of aryl methyl sites for hydroxylation is 1. The molecule has 0 aliphatic carbocycles. The van der Waals surface area contributed by atoms with Crippen LogP contribution in [0.4, 0.5) is 13.2 Å². The molecule has 2 unspecified atom stereocenters. The van der Waals surface area contributed by atoms with E-state index >= 15 is 0 Å². The fourth-order valence-corrected chi connectivity index (χ4v) is 3.47. The molecule has 2 fully saturated rings. The number of morpholine rings is 1. The molecule has 3 heterocycles. The van der Waals surface area contributed by atoms with Gasteiger partial charge in [-0.25, -0.2) is 4.79 Å². The number of rotatable bonds is 2. The molecule has 152 valence electrons. The van der Waals surface area contributed by atoms with E-state index in [4.69, 9.17) is 19.1 Å². The van der Waals surface area contributed by atoms with Crippen LogP contribution in [0.2, 0.25) is 0 Å². The molecule has 3 rings (SSSR count). The molecule has 0 aromatic carbocycles. The number of aliphatic carboxylic acids is 1. The van der Waals surface area contributed by atoms with Crippen LogP contribution in [-0.2, 0) is 9.53 Å². The number of amides is 1. The lowest BCUT2D eigenvalue weighted by atomic mass is 10.0. The highest BCUT2D eigenvalue weighted by Crippen LogP contribution is 2.25. The molecule has 7 nitrogen and oxygen atoms in total. The van der Waals surface area contributed by atoms with Crippen molar-refractivity contribution in [2.75, 3.05) is 26.3 Å². The van der Waals surface area contributed by atoms with Crippen LogP contribution in [0.15, 0.2) is 16.7 Å². The van der Waals surface area contributed by atoms with Gasteiger partial charge in [-0.3, -0.25) is 9.69 Å². The summed E-state index contributed by atoms with van der Waals surface area (Å²) in [6.07, 6.45) is -3.50. The quantitative estimate of drug-likeness (QED) is 0.831. The Morgan fingerprint density at radius 2 is 1.74 bits per heavy atom. The third kappa shape index (κ3) is 5.01. The van der Waals surface area contributed by atoms with Crippen molar-refractivity contribution >= 4 is 11.9 Å². The van der Waals surface area contributed by atoms with E-state index in [2.05, 4.69) is 18.7 Å². The van der Waals surface area contributed by atoms with Crippen molar-refractivity contribution in [2.24, 2.45) is 0 Å². The number of halogens is 3. The van der Waals surface area contributed by atoms with Gasteiger partial charge in [0.05, 0.1) is 37.1 Å². The van der Waals surface area contributed by atoms with Crippen molar-refractivity contribution in [2.45, 2.75) is 45.1 Å². The van der Waals surface area contributed by atoms with Crippen molar-refractivity contribution in [1.82, 2.24) is 9.80 Å². The molecule has 1 amide bonds. The number of fused-ring (bicyclic) bond motifs is 2. The lowest BCUT2D eigenvalue weighted by Gasteiger charge is -2.51. The Bertz CT molecular complexity index is 660. The number of furan rings is 1. The molecule has 1 aromatic heterocycles. The largest absolute Gasteiger partial charge is 0.490 e. The van der Waals surface area contributed by atoms with Gasteiger partial charge < -0.3 is 19.2 Å². The SMILES string of the molecule is Cc1occc1C(=O)N1CC2COCC(C1)N2C(C)C.O=C(O)C(F)(F)F. The predicted molar refractivity (Wildman–Crippen MR) is 88.4 cm³/mol. The zero-order valence-electron chi connectivity index (χ0n) is 15.3. The van der Waals surface area contributed by atoms with Crippen molar-refractivity contribution < 1.29 is 37.0 Å². The van der Waals surface area contributed by atoms with Crippen LogP contribution in [0.5, 0.6) is 0 Å². The van der Waals surface area contributed by atoms with E-state index in [9.17, 15) is 18.0 Å². The van der Waals surface area contributed by atoms with E-state index in [-0.39, 0.29) is 5.91 Å². The summed E-state index contributed by atoms with van der Waals surface area (Å²) in [4.78, 5) is 25.9. The monoisotopic (exact) mass is 392 g/mol. The molecule has 2 aliphatic rings. The van der Waals surface area contributed by atoms with Crippen LogP contribution in [-0.4, -0.2) is 77.4 Å². The van der Waals surface area contributed by atoms with Gasteiger partial charge in [-0.2, -0.15) is 13.2 Å². The molecule has 10 heteroatoms. The highest BCUT2D eigenvalue weighted by molar-refractivity contribution is 5.95. The maximum absolute atomic E-state index is 12.6. The first-order chi connectivity index (χ1) is 12.5. The molecule has 2 aliphatic heterocycles. The Balaban J connectivity index is 0.000000321. The van der Waals surface area contributed by atoms with Gasteiger partial charge in [0, 0.05) is 19.1 Å². The standard InChI is InChI=1S/C15H22N2O3.C2HF3O2/c1-10(2)17-12-6-16(7-13(17)9-19-8-12)15(18)14-4-5-20-11(14)3;3-2(4,5)1(6)7/h4-5,10,12-13H,6-9H2,1-3H3;(H,6,7). The molecule has 0 radical (unpaired) electrons. The molecule has 27 heavy (non-hydrogen) atoms. The van der Waals surface area contributed by atoms with E-state index in [1.54, 1.807) is 12.3 Å². The number of hydrogen-bond acceptors (Lipinski definition) is 5. The summed E-state index contributed by atoms with van der Waals surface area (Å²) < 4.78 is 42.6. The number of nitrogens with zero attached hydrogens (tertiary/aromatic N) is 2. The van der Waals surface area contributed by atoms with Crippen LogP contribution < -0.4 is 0 Å². The molecule has 2 bridgehead atoms. The van der Waals surface area contributed by atoms with Crippen LogP contribution in [0.1, 0.15) is 30.0 Å². The predicted octanol–water partition coefficient (Wildman–Crippen LogP) is 2.15. The number of hydrogen-bond donors (Lipinski definition) is 1. The summed E-state index contributed by atoms with van der Waals surface area (Å²) in [5.41, 5.74) is 0.682. The third-order valence-corrected chi connectivity index (χ3v) is 4.54. The van der Waals surface area contributed by atoms with Gasteiger partial charge in [-0.15, -0.1) is 0 Å². The zero-order chi connectivity index (χ0) is 20.4. The van der Waals surface area contributed by atoms with Gasteiger partial charge in [-0.05, 0) is 26.8 Å². The molecule has 0 spiro atoms. The lowest BCUT2D eigenvalue weighted by Crippen LogP contribution is -2.67. The van der Waals surface area contributed by atoms with Gasteiger partial charge >= 0.3 is 12.1 Å². The van der Waals surface area contributed by atoms with E-state index in [1.165, 1.54) is 0 Å². The minimum atomic E-state index is -5.08. The normalized spacial score (nSPS) is 23.0. The van der Waals surface area contributed by atoms with Gasteiger partial charge in [0.2, 0.25) is 0 Å². The van der Waals surface area contributed by atoms with E-state index in [0.29, 0.717) is 42.7 Å². The van der Waals surface area contributed by atoms with Gasteiger partial charge in [0.1, 0.15) is 5.76 Å². The highest BCUT2D eigenvalue weighted by atomic mass is 19.4. The van der Waals surface area contributed by atoms with Crippen LogP contribution in [0, 0.1) is 6.92 Å². The summed E-state index contributed by atoms with van der Waals surface area (Å²) in [6, 6.07) is 2.86. The minimum absolute atomic E-state index is 0.0801. The van der Waals surface area contributed by atoms with Gasteiger partial charge in [0.25, 0.3) is 5.91 Å². The molecular formula is C17H23F3N2O5. The number of carbonyl (C=O) groups is 2. The molecule has 1 aromatic rings. The first-order valence-corrected chi connectivity index (χ1v) is 8.51. The fourth-order valence-electron chi connectivity index (χ4n) is 3.47. The average Bonchev–Trinajstić information content (AvgIpc) is 2.98. The maximum atomic E-state index is 12.6. The van der Waals surface area contributed by atoms with E-state index in [1.807, 2.05) is 11.8 Å². The Hall–Kier alpha value is -2.07. The fraction of sp³-hybridized carbons (Fsp3) is 0.647. The molecule has 2 saturated heterocycles. The number of carbonyl (C=O) groups excluding carboxylic acids is 1. The van der Waals surface area contributed by atoms with Crippen molar-refractivity contribution in [3.63, 3.8) is 0 Å². The van der Waals surface area contributed by atoms with E-state index < -0.39 is 12.1 Å². The Morgan fingerprint density at radius 1 is 1.22 bits per heavy atom. The summed E-state index contributed by atoms with van der Waals surface area (Å²) >= 11 is 0. The second kappa shape index (κ2) is 8.30. The second-order valence-electron chi connectivity index (χ2n) is 6.79. The number of ether oxygens (including phenoxy) is 1. The van der Waals surface area contributed by atoms with Crippen LogP contribution in [0.25, 0.3) is 0 Å². The first kappa shape index (κ1) is 21.2. The number of carboxylic acid groups (broad SMARTS) is 1. The van der Waals surface area contributed by atoms with Crippen molar-refractivity contribution in [3.8, 4) is 0 Å². The maximum Gasteiger partial charge on any atom is 0.490 e. The van der Waals surface area contributed by atoms with Crippen LogP contribution in [0.3, 0.4) is 0 Å². The summed E-state index contributed by atoms with van der Waals surface area (Å²) in [6.45, 7) is 9.15. The lowest BCUT2D eigenvalue weighted by molar-refractivity contribution is -0.192. The Labute approximate surface area is 154 Å². The summed E-state index contributed by atoms with van der Waals surface area (Å²) in [5, 5.41) is 7.12. The molecule has 1 N–H and O–H groups in total.